The van der Waals surface area contributed by atoms with E-state index in [1.165, 1.54) is 5.56 Å². The van der Waals surface area contributed by atoms with Crippen LogP contribution in [0.1, 0.15) is 31.4 Å². The molecule has 1 N–H and O–H groups in total. The highest BCUT2D eigenvalue weighted by atomic mass is 16.5. The highest BCUT2D eigenvalue weighted by molar-refractivity contribution is 5.78. The monoisotopic (exact) mass is 249 g/mol. The SMILES string of the molecule is CCC(C)C(=O)NCCOCc1ccc(C)cc1. The molecule has 0 aliphatic rings. The number of carbonyl (C=O) groups excluding carboxylic acids is 1. The topological polar surface area (TPSA) is 38.3 Å². The molecule has 1 aromatic rings. The Hall–Kier alpha value is -1.35. The zero-order valence-electron chi connectivity index (χ0n) is 11.5. The molecule has 0 fully saturated rings. The number of hydrogen-bond donors (Lipinski definition) is 1. The van der Waals surface area contributed by atoms with E-state index in [1.54, 1.807) is 0 Å². The van der Waals surface area contributed by atoms with Crippen molar-refractivity contribution in [2.45, 2.75) is 33.8 Å². The lowest BCUT2D eigenvalue weighted by molar-refractivity contribution is -0.124. The van der Waals surface area contributed by atoms with Crippen molar-refractivity contribution in [1.82, 2.24) is 5.32 Å². The van der Waals surface area contributed by atoms with Crippen molar-refractivity contribution >= 4 is 5.91 Å². The first-order valence-corrected chi connectivity index (χ1v) is 6.54. The summed E-state index contributed by atoms with van der Waals surface area (Å²) in [5.41, 5.74) is 2.41. The van der Waals surface area contributed by atoms with Crippen molar-refractivity contribution in [3.05, 3.63) is 35.4 Å². The Morgan fingerprint density at radius 1 is 1.33 bits per heavy atom. The summed E-state index contributed by atoms with van der Waals surface area (Å²) in [4.78, 5) is 11.5. The van der Waals surface area contributed by atoms with Crippen molar-refractivity contribution in [2.24, 2.45) is 5.92 Å². The Labute approximate surface area is 110 Å². The second-order valence-corrected chi connectivity index (χ2v) is 4.64. The lowest BCUT2D eigenvalue weighted by Gasteiger charge is -2.10. The maximum Gasteiger partial charge on any atom is 0.222 e. The van der Waals surface area contributed by atoms with Crippen molar-refractivity contribution in [3.8, 4) is 0 Å². The number of benzene rings is 1. The van der Waals surface area contributed by atoms with Gasteiger partial charge in [0.25, 0.3) is 0 Å². The smallest absolute Gasteiger partial charge is 0.222 e. The van der Waals surface area contributed by atoms with Crippen LogP contribution in [0.2, 0.25) is 0 Å². The molecule has 0 bridgehead atoms. The largest absolute Gasteiger partial charge is 0.375 e. The van der Waals surface area contributed by atoms with Gasteiger partial charge in [0.15, 0.2) is 0 Å². The number of rotatable bonds is 7. The van der Waals surface area contributed by atoms with Gasteiger partial charge >= 0.3 is 0 Å². The van der Waals surface area contributed by atoms with Crippen LogP contribution < -0.4 is 5.32 Å². The average Bonchev–Trinajstić information content (AvgIpc) is 2.39. The number of aryl methyl sites for hydroxylation is 1. The van der Waals surface area contributed by atoms with Gasteiger partial charge in [-0.1, -0.05) is 43.7 Å². The summed E-state index contributed by atoms with van der Waals surface area (Å²) in [5.74, 6) is 0.193. The molecule has 0 aliphatic heterocycles. The van der Waals surface area contributed by atoms with Crippen molar-refractivity contribution in [2.75, 3.05) is 13.2 Å². The maximum absolute atomic E-state index is 11.5. The van der Waals surface area contributed by atoms with Crippen molar-refractivity contribution in [3.63, 3.8) is 0 Å². The van der Waals surface area contributed by atoms with Crippen molar-refractivity contribution < 1.29 is 9.53 Å². The molecule has 0 radical (unpaired) electrons. The first kappa shape index (κ1) is 14.7. The van der Waals surface area contributed by atoms with E-state index < -0.39 is 0 Å². The minimum absolute atomic E-state index is 0.0853. The summed E-state index contributed by atoms with van der Waals surface area (Å²) in [5, 5.41) is 2.86. The van der Waals surface area contributed by atoms with Gasteiger partial charge in [0.1, 0.15) is 0 Å². The summed E-state index contributed by atoms with van der Waals surface area (Å²) >= 11 is 0. The Bertz CT molecular complexity index is 359. The molecule has 1 unspecified atom stereocenters. The maximum atomic E-state index is 11.5. The van der Waals surface area contributed by atoms with E-state index in [0.717, 1.165) is 12.0 Å². The molecule has 1 aromatic carbocycles. The minimum Gasteiger partial charge on any atom is -0.375 e. The lowest BCUT2D eigenvalue weighted by atomic mass is 10.1. The van der Waals surface area contributed by atoms with Gasteiger partial charge in [0.2, 0.25) is 5.91 Å². The van der Waals surface area contributed by atoms with Gasteiger partial charge in [-0.05, 0) is 18.9 Å². The van der Waals surface area contributed by atoms with E-state index >= 15 is 0 Å². The molecule has 0 spiro atoms. The molecule has 18 heavy (non-hydrogen) atoms. The van der Waals surface area contributed by atoms with E-state index in [2.05, 4.69) is 36.5 Å². The highest BCUT2D eigenvalue weighted by Gasteiger charge is 2.08. The Balaban J connectivity index is 2.12. The molecule has 1 amide bonds. The standard InChI is InChI=1S/C15H23NO2/c1-4-13(3)15(17)16-9-10-18-11-14-7-5-12(2)6-8-14/h5-8,13H,4,9-11H2,1-3H3,(H,16,17). The summed E-state index contributed by atoms with van der Waals surface area (Å²) in [7, 11) is 0. The fourth-order valence-corrected chi connectivity index (χ4v) is 1.48. The van der Waals surface area contributed by atoms with Crippen LogP contribution >= 0.6 is 0 Å². The zero-order chi connectivity index (χ0) is 13.4. The highest BCUT2D eigenvalue weighted by Crippen LogP contribution is 2.04. The second-order valence-electron chi connectivity index (χ2n) is 4.64. The molecule has 0 heterocycles. The number of amides is 1. The Morgan fingerprint density at radius 2 is 2.00 bits per heavy atom. The van der Waals surface area contributed by atoms with Crippen LogP contribution in [0.25, 0.3) is 0 Å². The molecule has 0 saturated carbocycles. The number of nitrogens with one attached hydrogen (secondary N) is 1. The third-order valence-electron chi connectivity index (χ3n) is 2.99. The summed E-state index contributed by atoms with van der Waals surface area (Å²) in [6.45, 7) is 7.74. The molecule has 3 heteroatoms. The normalized spacial score (nSPS) is 12.2. The first-order valence-electron chi connectivity index (χ1n) is 6.54. The number of carbonyl (C=O) groups is 1. The van der Waals surface area contributed by atoms with E-state index in [4.69, 9.17) is 4.74 Å². The minimum atomic E-state index is 0.0853. The molecule has 100 valence electrons. The van der Waals surface area contributed by atoms with Crippen LogP contribution in [0.5, 0.6) is 0 Å². The van der Waals surface area contributed by atoms with E-state index in [9.17, 15) is 4.79 Å². The third kappa shape index (κ3) is 5.32. The summed E-state index contributed by atoms with van der Waals surface area (Å²) < 4.78 is 5.51. The number of hydrogen-bond acceptors (Lipinski definition) is 2. The van der Waals surface area contributed by atoms with Gasteiger partial charge in [0, 0.05) is 12.5 Å². The fraction of sp³-hybridized carbons (Fsp3) is 0.533. The third-order valence-corrected chi connectivity index (χ3v) is 2.99. The van der Waals surface area contributed by atoms with Gasteiger partial charge < -0.3 is 10.1 Å². The predicted octanol–water partition coefficient (Wildman–Crippen LogP) is 2.67. The lowest BCUT2D eigenvalue weighted by Crippen LogP contribution is -2.31. The van der Waals surface area contributed by atoms with Crippen LogP contribution in [0.15, 0.2) is 24.3 Å². The first-order chi connectivity index (χ1) is 8.63. The van der Waals surface area contributed by atoms with Crippen LogP contribution in [0, 0.1) is 12.8 Å². The molecule has 3 nitrogen and oxygen atoms in total. The van der Waals surface area contributed by atoms with Crippen LogP contribution in [-0.4, -0.2) is 19.1 Å². The molecule has 0 aromatic heterocycles. The Morgan fingerprint density at radius 3 is 2.61 bits per heavy atom. The quantitative estimate of drug-likeness (QED) is 0.754. The van der Waals surface area contributed by atoms with Crippen LogP contribution in [0.4, 0.5) is 0 Å². The van der Waals surface area contributed by atoms with Gasteiger partial charge in [-0.15, -0.1) is 0 Å². The van der Waals surface area contributed by atoms with Crippen LogP contribution in [0.3, 0.4) is 0 Å². The summed E-state index contributed by atoms with van der Waals surface area (Å²) in [6, 6.07) is 8.27. The number of ether oxygens (including phenoxy) is 1. The molecular weight excluding hydrogens is 226 g/mol. The van der Waals surface area contributed by atoms with E-state index in [0.29, 0.717) is 19.8 Å². The molecule has 0 aliphatic carbocycles. The summed E-state index contributed by atoms with van der Waals surface area (Å²) in [6.07, 6.45) is 0.871. The fourth-order valence-electron chi connectivity index (χ4n) is 1.48. The predicted molar refractivity (Wildman–Crippen MR) is 73.3 cm³/mol. The van der Waals surface area contributed by atoms with Gasteiger partial charge in [-0.2, -0.15) is 0 Å². The van der Waals surface area contributed by atoms with Gasteiger partial charge in [-0.3, -0.25) is 4.79 Å². The van der Waals surface area contributed by atoms with E-state index in [-0.39, 0.29) is 11.8 Å². The van der Waals surface area contributed by atoms with Gasteiger partial charge in [0.05, 0.1) is 13.2 Å². The molecule has 1 atom stereocenters. The molecule has 1 rings (SSSR count). The van der Waals surface area contributed by atoms with E-state index in [1.807, 2.05) is 13.8 Å². The zero-order valence-corrected chi connectivity index (χ0v) is 11.5. The molecule has 0 saturated heterocycles. The second kappa shape index (κ2) is 7.88. The average molecular weight is 249 g/mol. The molecular formula is C15H23NO2. The Kier molecular flexibility index (Phi) is 6.44. The van der Waals surface area contributed by atoms with Crippen molar-refractivity contribution in [1.29, 1.82) is 0 Å². The van der Waals surface area contributed by atoms with Crippen LogP contribution in [-0.2, 0) is 16.1 Å². The van der Waals surface area contributed by atoms with Gasteiger partial charge in [-0.25, -0.2) is 0 Å².